The number of halogens is 2. The van der Waals surface area contributed by atoms with Crippen molar-refractivity contribution in [2.24, 2.45) is 0 Å². The first-order valence-electron chi connectivity index (χ1n) is 9.21. The highest BCUT2D eigenvalue weighted by Crippen LogP contribution is 2.22. The minimum Gasteiger partial charge on any atom is -0.367 e. The number of hydrogen-bond donors (Lipinski definition) is 1. The van der Waals surface area contributed by atoms with Gasteiger partial charge in [-0.3, -0.25) is 14.5 Å². The highest BCUT2D eigenvalue weighted by molar-refractivity contribution is 6.30. The molecule has 0 aliphatic carbocycles. The molecule has 0 atom stereocenters. The van der Waals surface area contributed by atoms with E-state index in [1.165, 1.54) is 13.0 Å². The fraction of sp³-hybridized carbons (Fsp3) is 0.333. The second kappa shape index (κ2) is 9.17. The Balaban J connectivity index is 1.46. The van der Waals surface area contributed by atoms with Gasteiger partial charge in [-0.25, -0.2) is 4.39 Å². The number of carbonyl (C=O) groups excluding carboxylic acids is 2. The van der Waals surface area contributed by atoms with Gasteiger partial charge in [-0.2, -0.15) is 0 Å². The Bertz CT molecular complexity index is 849. The summed E-state index contributed by atoms with van der Waals surface area (Å²) in [5.74, 6) is -0.581. The summed E-state index contributed by atoms with van der Waals surface area (Å²) in [5.41, 5.74) is 1.86. The van der Waals surface area contributed by atoms with Gasteiger partial charge in [0.1, 0.15) is 5.82 Å². The van der Waals surface area contributed by atoms with E-state index >= 15 is 0 Å². The van der Waals surface area contributed by atoms with Gasteiger partial charge in [0.2, 0.25) is 5.91 Å². The van der Waals surface area contributed by atoms with E-state index in [1.54, 1.807) is 24.3 Å². The van der Waals surface area contributed by atoms with Crippen molar-refractivity contribution in [3.05, 3.63) is 64.4 Å². The number of ketones is 1. The van der Waals surface area contributed by atoms with E-state index in [0.29, 0.717) is 55.5 Å². The van der Waals surface area contributed by atoms with Crippen molar-refractivity contribution >= 4 is 29.0 Å². The average molecular weight is 404 g/mol. The maximum absolute atomic E-state index is 14.3. The minimum atomic E-state index is -0.387. The second-order valence-electron chi connectivity index (χ2n) is 6.89. The molecule has 1 N–H and O–H groups in total. The Hall–Kier alpha value is -2.44. The van der Waals surface area contributed by atoms with Crippen LogP contribution in [0.5, 0.6) is 0 Å². The van der Waals surface area contributed by atoms with Gasteiger partial charge >= 0.3 is 0 Å². The number of anilines is 1. The molecule has 1 aliphatic rings. The van der Waals surface area contributed by atoms with E-state index in [4.69, 9.17) is 11.6 Å². The van der Waals surface area contributed by atoms with Gasteiger partial charge in [0.15, 0.2) is 5.78 Å². The molecule has 148 valence electrons. The topological polar surface area (TPSA) is 52.7 Å². The monoisotopic (exact) mass is 403 g/mol. The fourth-order valence-corrected chi connectivity index (χ4v) is 3.32. The summed E-state index contributed by atoms with van der Waals surface area (Å²) in [4.78, 5) is 27.5. The van der Waals surface area contributed by atoms with Gasteiger partial charge in [0.25, 0.3) is 0 Å². The smallest absolute Gasteiger partial charge is 0.234 e. The van der Waals surface area contributed by atoms with Gasteiger partial charge in [-0.15, -0.1) is 0 Å². The van der Waals surface area contributed by atoms with Crippen LogP contribution in [0.2, 0.25) is 5.02 Å². The quantitative estimate of drug-likeness (QED) is 0.753. The predicted octanol–water partition coefficient (Wildman–Crippen LogP) is 3.12. The van der Waals surface area contributed by atoms with Crippen LogP contribution in [0, 0.1) is 5.82 Å². The molecule has 1 amide bonds. The van der Waals surface area contributed by atoms with Crippen molar-refractivity contribution in [3.8, 4) is 0 Å². The van der Waals surface area contributed by atoms with E-state index in [9.17, 15) is 14.0 Å². The molecule has 2 aromatic carbocycles. The summed E-state index contributed by atoms with van der Waals surface area (Å²) in [6.45, 7) is 4.79. The van der Waals surface area contributed by atoms with Crippen LogP contribution in [0.4, 0.5) is 10.1 Å². The molecule has 0 bridgehead atoms. The van der Waals surface area contributed by atoms with Crippen molar-refractivity contribution in [1.82, 2.24) is 10.2 Å². The normalized spacial score (nSPS) is 14.8. The van der Waals surface area contributed by atoms with Crippen LogP contribution in [0.3, 0.4) is 0 Å². The largest absolute Gasteiger partial charge is 0.367 e. The molecule has 2 aromatic rings. The van der Waals surface area contributed by atoms with E-state index < -0.39 is 0 Å². The number of benzene rings is 2. The zero-order chi connectivity index (χ0) is 20.1. The molecule has 0 unspecified atom stereocenters. The SMILES string of the molecule is CC(=O)c1ccc(N2CCN(CC(=O)NCc3ccc(Cl)cc3)CC2)c(F)c1. The minimum absolute atomic E-state index is 0.0413. The Labute approximate surface area is 169 Å². The average Bonchev–Trinajstić information content (AvgIpc) is 2.68. The van der Waals surface area contributed by atoms with Crippen LogP contribution in [0.1, 0.15) is 22.8 Å². The number of nitrogens with one attached hydrogen (secondary N) is 1. The van der Waals surface area contributed by atoms with Crippen molar-refractivity contribution in [1.29, 1.82) is 0 Å². The summed E-state index contributed by atoms with van der Waals surface area (Å²) in [5, 5.41) is 3.57. The molecule has 1 aliphatic heterocycles. The molecule has 1 saturated heterocycles. The van der Waals surface area contributed by atoms with Crippen LogP contribution in [0.15, 0.2) is 42.5 Å². The molecule has 7 heteroatoms. The Kier molecular flexibility index (Phi) is 6.65. The molecular formula is C21H23ClFN3O2. The molecule has 0 radical (unpaired) electrons. The van der Waals surface area contributed by atoms with E-state index in [0.717, 1.165) is 5.56 Å². The van der Waals surface area contributed by atoms with Crippen LogP contribution in [0.25, 0.3) is 0 Å². The Morgan fingerprint density at radius 1 is 1.07 bits per heavy atom. The van der Waals surface area contributed by atoms with Crippen molar-refractivity contribution in [2.75, 3.05) is 37.6 Å². The van der Waals surface area contributed by atoms with E-state index in [1.807, 2.05) is 17.0 Å². The van der Waals surface area contributed by atoms with Crippen LogP contribution in [-0.2, 0) is 11.3 Å². The van der Waals surface area contributed by atoms with Crippen LogP contribution >= 0.6 is 11.6 Å². The number of carbonyl (C=O) groups is 2. The molecule has 0 aromatic heterocycles. The molecule has 1 fully saturated rings. The molecule has 0 spiro atoms. The Morgan fingerprint density at radius 3 is 2.36 bits per heavy atom. The number of nitrogens with zero attached hydrogens (tertiary/aromatic N) is 2. The lowest BCUT2D eigenvalue weighted by molar-refractivity contribution is -0.122. The summed E-state index contributed by atoms with van der Waals surface area (Å²) in [7, 11) is 0. The zero-order valence-corrected chi connectivity index (χ0v) is 16.5. The first-order chi connectivity index (χ1) is 13.4. The van der Waals surface area contributed by atoms with E-state index in [-0.39, 0.29) is 17.5 Å². The third-order valence-electron chi connectivity index (χ3n) is 4.84. The number of Topliss-reactive ketones (excluding diaryl/α,β-unsaturated/α-hetero) is 1. The lowest BCUT2D eigenvalue weighted by atomic mass is 10.1. The highest BCUT2D eigenvalue weighted by atomic mass is 35.5. The number of amides is 1. The van der Waals surface area contributed by atoms with Gasteiger partial charge in [0, 0.05) is 43.3 Å². The summed E-state index contributed by atoms with van der Waals surface area (Å²) < 4.78 is 14.3. The summed E-state index contributed by atoms with van der Waals surface area (Å²) in [6, 6.07) is 11.9. The van der Waals surface area contributed by atoms with Gasteiger partial charge in [-0.1, -0.05) is 23.7 Å². The number of hydrogen-bond acceptors (Lipinski definition) is 4. The Morgan fingerprint density at radius 2 is 1.75 bits per heavy atom. The molecule has 28 heavy (non-hydrogen) atoms. The molecule has 3 rings (SSSR count). The number of rotatable bonds is 6. The first-order valence-corrected chi connectivity index (χ1v) is 9.59. The second-order valence-corrected chi connectivity index (χ2v) is 7.33. The van der Waals surface area contributed by atoms with Crippen molar-refractivity contribution in [3.63, 3.8) is 0 Å². The lowest BCUT2D eigenvalue weighted by Gasteiger charge is -2.35. The zero-order valence-electron chi connectivity index (χ0n) is 15.8. The maximum atomic E-state index is 14.3. The van der Waals surface area contributed by atoms with E-state index in [2.05, 4.69) is 10.2 Å². The molecule has 1 heterocycles. The van der Waals surface area contributed by atoms with Gasteiger partial charge < -0.3 is 10.2 Å². The maximum Gasteiger partial charge on any atom is 0.234 e. The fourth-order valence-electron chi connectivity index (χ4n) is 3.19. The summed E-state index contributed by atoms with van der Waals surface area (Å²) in [6.07, 6.45) is 0. The third-order valence-corrected chi connectivity index (χ3v) is 5.09. The summed E-state index contributed by atoms with van der Waals surface area (Å²) >= 11 is 5.85. The lowest BCUT2D eigenvalue weighted by Crippen LogP contribution is -2.49. The van der Waals surface area contributed by atoms with Gasteiger partial charge in [0.05, 0.1) is 12.2 Å². The highest BCUT2D eigenvalue weighted by Gasteiger charge is 2.21. The molecule has 0 saturated carbocycles. The molecular weight excluding hydrogens is 381 g/mol. The van der Waals surface area contributed by atoms with Crippen LogP contribution in [-0.4, -0.2) is 49.3 Å². The standard InChI is InChI=1S/C21H23ClFN3O2/c1-15(27)17-4-7-20(19(23)12-17)26-10-8-25(9-11-26)14-21(28)24-13-16-2-5-18(22)6-3-16/h2-7,12H,8-11,13-14H2,1H3,(H,24,28). The first kappa shape index (κ1) is 20.3. The van der Waals surface area contributed by atoms with Crippen LogP contribution < -0.4 is 10.2 Å². The van der Waals surface area contributed by atoms with Gasteiger partial charge in [-0.05, 0) is 42.8 Å². The predicted molar refractivity (Wildman–Crippen MR) is 108 cm³/mol. The third kappa shape index (κ3) is 5.30. The van der Waals surface area contributed by atoms with Crippen molar-refractivity contribution < 1.29 is 14.0 Å². The van der Waals surface area contributed by atoms with Crippen molar-refractivity contribution in [2.45, 2.75) is 13.5 Å². The number of piperazine rings is 1. The molecule has 5 nitrogen and oxygen atoms in total.